The zero-order valence-corrected chi connectivity index (χ0v) is 7.87. The lowest BCUT2D eigenvalue weighted by Gasteiger charge is -2.59. The van der Waals surface area contributed by atoms with E-state index in [1.165, 1.54) is 0 Å². The fraction of sp³-hybridized carbons (Fsp3) is 0.900. The lowest BCUT2D eigenvalue weighted by Crippen LogP contribution is -2.62. The van der Waals surface area contributed by atoms with E-state index in [4.69, 9.17) is 0 Å². The van der Waals surface area contributed by atoms with Crippen molar-refractivity contribution in [2.24, 2.45) is 23.2 Å². The van der Waals surface area contributed by atoms with Gasteiger partial charge in [0.15, 0.2) is 5.78 Å². The molecule has 0 aliphatic heterocycles. The first-order valence-corrected chi connectivity index (χ1v) is 4.68. The summed E-state index contributed by atoms with van der Waals surface area (Å²) >= 11 is 0. The Bertz CT molecular complexity index is 232. The maximum Gasteiger partial charge on any atom is 0.165 e. The first-order valence-electron chi connectivity index (χ1n) is 4.68. The quantitative estimate of drug-likeness (QED) is 0.590. The molecule has 3 rings (SSSR count). The van der Waals surface area contributed by atoms with E-state index in [1.807, 2.05) is 6.92 Å². The Morgan fingerprint density at radius 3 is 2.50 bits per heavy atom. The van der Waals surface area contributed by atoms with Gasteiger partial charge in [0, 0.05) is 5.92 Å². The van der Waals surface area contributed by atoms with Gasteiger partial charge in [-0.05, 0) is 23.7 Å². The molecule has 2 bridgehead atoms. The maximum absolute atomic E-state index is 11.5. The molecule has 3 aliphatic carbocycles. The molecule has 0 heterocycles. The molecule has 4 unspecified atom stereocenters. The Hall–Kier alpha value is -0.370. The number of aliphatic hydroxyl groups is 1. The predicted molar refractivity (Wildman–Crippen MR) is 45.6 cm³/mol. The monoisotopic (exact) mass is 168 g/mol. The number of carbonyl (C=O) groups excluding carboxylic acids is 1. The lowest BCUT2D eigenvalue weighted by molar-refractivity contribution is -0.177. The second-order valence-corrected chi connectivity index (χ2v) is 4.92. The van der Waals surface area contributed by atoms with Crippen molar-refractivity contribution < 1.29 is 9.90 Å². The van der Waals surface area contributed by atoms with Crippen LogP contribution in [-0.2, 0) is 4.79 Å². The van der Waals surface area contributed by atoms with E-state index in [2.05, 4.69) is 13.8 Å². The van der Waals surface area contributed by atoms with Crippen LogP contribution in [0.3, 0.4) is 0 Å². The fourth-order valence-electron chi connectivity index (χ4n) is 3.02. The van der Waals surface area contributed by atoms with Crippen LogP contribution in [0.4, 0.5) is 0 Å². The second-order valence-electron chi connectivity index (χ2n) is 4.92. The zero-order valence-electron chi connectivity index (χ0n) is 7.87. The molecule has 0 aromatic carbocycles. The van der Waals surface area contributed by atoms with Gasteiger partial charge in [-0.15, -0.1) is 0 Å². The number of Topliss-reactive ketones (excluding diaryl/α,β-unsaturated/α-hetero) is 1. The molecule has 0 saturated heterocycles. The van der Waals surface area contributed by atoms with Crippen LogP contribution in [0.2, 0.25) is 0 Å². The van der Waals surface area contributed by atoms with Crippen molar-refractivity contribution in [2.45, 2.75) is 33.3 Å². The van der Waals surface area contributed by atoms with E-state index in [0.29, 0.717) is 5.92 Å². The van der Waals surface area contributed by atoms with Gasteiger partial charge in [0.25, 0.3) is 0 Å². The lowest BCUT2D eigenvalue weighted by atomic mass is 9.45. The molecule has 2 nitrogen and oxygen atoms in total. The first-order chi connectivity index (χ1) is 5.46. The molecule has 3 aliphatic rings. The smallest absolute Gasteiger partial charge is 0.165 e. The third-order valence-electron chi connectivity index (χ3n) is 4.11. The Balaban J connectivity index is 2.30. The summed E-state index contributed by atoms with van der Waals surface area (Å²) in [7, 11) is 0. The SMILES string of the molecule is CC1C(O)C(=O)C2CC1C2(C)C. The average molecular weight is 168 g/mol. The highest BCUT2D eigenvalue weighted by atomic mass is 16.3. The minimum Gasteiger partial charge on any atom is -0.385 e. The molecular weight excluding hydrogens is 152 g/mol. The molecule has 0 spiro atoms. The van der Waals surface area contributed by atoms with Gasteiger partial charge in [0.1, 0.15) is 6.10 Å². The van der Waals surface area contributed by atoms with Crippen LogP contribution in [0, 0.1) is 23.2 Å². The van der Waals surface area contributed by atoms with Crippen molar-refractivity contribution in [1.29, 1.82) is 0 Å². The van der Waals surface area contributed by atoms with Crippen molar-refractivity contribution in [3.63, 3.8) is 0 Å². The molecule has 2 heteroatoms. The molecule has 68 valence electrons. The van der Waals surface area contributed by atoms with Crippen molar-refractivity contribution >= 4 is 5.78 Å². The largest absolute Gasteiger partial charge is 0.385 e. The van der Waals surface area contributed by atoms with Gasteiger partial charge < -0.3 is 5.11 Å². The third kappa shape index (κ3) is 0.717. The van der Waals surface area contributed by atoms with Gasteiger partial charge >= 0.3 is 0 Å². The molecular formula is C10H16O2. The minimum absolute atomic E-state index is 0.0787. The summed E-state index contributed by atoms with van der Waals surface area (Å²) in [4.78, 5) is 11.5. The van der Waals surface area contributed by atoms with Crippen LogP contribution >= 0.6 is 0 Å². The molecule has 0 aromatic rings. The molecule has 4 atom stereocenters. The number of fused-ring (bicyclic) bond motifs is 2. The van der Waals surface area contributed by atoms with E-state index in [0.717, 1.165) is 6.42 Å². The molecule has 3 fully saturated rings. The minimum atomic E-state index is -0.679. The molecule has 0 aromatic heterocycles. The Labute approximate surface area is 73.0 Å². The van der Waals surface area contributed by atoms with Crippen molar-refractivity contribution in [1.82, 2.24) is 0 Å². The maximum atomic E-state index is 11.5. The van der Waals surface area contributed by atoms with Crippen molar-refractivity contribution in [2.75, 3.05) is 0 Å². The van der Waals surface area contributed by atoms with Crippen LogP contribution in [-0.4, -0.2) is 17.0 Å². The summed E-state index contributed by atoms with van der Waals surface area (Å²) in [6.07, 6.45) is 0.325. The van der Waals surface area contributed by atoms with Gasteiger partial charge in [-0.2, -0.15) is 0 Å². The highest BCUT2D eigenvalue weighted by Gasteiger charge is 2.60. The molecule has 0 radical (unpaired) electrons. The van der Waals surface area contributed by atoms with Gasteiger partial charge in [-0.3, -0.25) is 4.79 Å². The molecule has 0 amide bonds. The third-order valence-corrected chi connectivity index (χ3v) is 4.11. The van der Waals surface area contributed by atoms with Crippen LogP contribution in [0.15, 0.2) is 0 Å². The van der Waals surface area contributed by atoms with E-state index < -0.39 is 6.10 Å². The van der Waals surface area contributed by atoms with Crippen molar-refractivity contribution in [3.05, 3.63) is 0 Å². The average Bonchev–Trinajstić information content (AvgIpc) is 1.98. The standard InChI is InChI=1S/C10H16O2/c1-5-6-4-7(10(6,2)3)9(12)8(5)11/h5-8,11H,4H2,1-3H3. The normalized spacial score (nSPS) is 50.2. The van der Waals surface area contributed by atoms with Crippen LogP contribution in [0.1, 0.15) is 27.2 Å². The molecule has 12 heavy (non-hydrogen) atoms. The van der Waals surface area contributed by atoms with E-state index in [1.54, 1.807) is 0 Å². The van der Waals surface area contributed by atoms with Gasteiger partial charge in [0.2, 0.25) is 0 Å². The van der Waals surface area contributed by atoms with Crippen LogP contribution < -0.4 is 0 Å². The Morgan fingerprint density at radius 2 is 2.08 bits per heavy atom. The second kappa shape index (κ2) is 2.11. The summed E-state index contributed by atoms with van der Waals surface area (Å²) in [5.41, 5.74) is 0.149. The fourth-order valence-corrected chi connectivity index (χ4v) is 3.02. The van der Waals surface area contributed by atoms with Crippen LogP contribution in [0.5, 0.6) is 0 Å². The Morgan fingerprint density at radius 1 is 1.50 bits per heavy atom. The predicted octanol–water partition coefficient (Wildman–Crippen LogP) is 1.23. The number of rotatable bonds is 0. The summed E-state index contributed by atoms with van der Waals surface area (Å²) in [6, 6.07) is 0. The summed E-state index contributed by atoms with van der Waals surface area (Å²) < 4.78 is 0. The van der Waals surface area contributed by atoms with E-state index in [9.17, 15) is 9.90 Å². The highest BCUT2D eigenvalue weighted by molar-refractivity contribution is 5.88. The summed E-state index contributed by atoms with van der Waals surface area (Å²) in [5.74, 6) is 0.927. The van der Waals surface area contributed by atoms with Gasteiger partial charge in [0.05, 0.1) is 0 Å². The molecule has 3 saturated carbocycles. The first kappa shape index (κ1) is 8.24. The summed E-state index contributed by atoms with van der Waals surface area (Å²) in [5, 5.41) is 9.53. The number of hydrogen-bond donors (Lipinski definition) is 1. The van der Waals surface area contributed by atoms with Crippen LogP contribution in [0.25, 0.3) is 0 Å². The van der Waals surface area contributed by atoms with Crippen molar-refractivity contribution in [3.8, 4) is 0 Å². The van der Waals surface area contributed by atoms with E-state index in [-0.39, 0.29) is 23.0 Å². The number of ketones is 1. The summed E-state index contributed by atoms with van der Waals surface area (Å²) in [6.45, 7) is 6.28. The number of hydrogen-bond acceptors (Lipinski definition) is 2. The van der Waals surface area contributed by atoms with E-state index >= 15 is 0 Å². The van der Waals surface area contributed by atoms with Gasteiger partial charge in [-0.25, -0.2) is 0 Å². The number of carbonyl (C=O) groups is 1. The van der Waals surface area contributed by atoms with Gasteiger partial charge in [-0.1, -0.05) is 20.8 Å². The topological polar surface area (TPSA) is 37.3 Å². The number of aliphatic hydroxyl groups excluding tert-OH is 1. The zero-order chi connectivity index (χ0) is 9.09. The molecule has 1 N–H and O–H groups in total. The Kier molecular flexibility index (Phi) is 1.45. The highest BCUT2D eigenvalue weighted by Crippen LogP contribution is 2.59.